The van der Waals surface area contributed by atoms with Gasteiger partial charge in [-0.25, -0.2) is 0 Å². The maximum absolute atomic E-state index is 6.25. The van der Waals surface area contributed by atoms with E-state index in [0.717, 1.165) is 12.1 Å². The molecule has 2 atom stereocenters. The highest BCUT2D eigenvalue weighted by molar-refractivity contribution is 5.39. The number of aryl methyl sites for hydroxylation is 1. The van der Waals surface area contributed by atoms with Crippen LogP contribution in [0.15, 0.2) is 12.3 Å². The van der Waals surface area contributed by atoms with Gasteiger partial charge in [-0.2, -0.15) is 0 Å². The molecule has 0 aromatic carbocycles. The summed E-state index contributed by atoms with van der Waals surface area (Å²) in [7, 11) is 0. The van der Waals surface area contributed by atoms with E-state index >= 15 is 0 Å². The number of fused-ring (bicyclic) bond motifs is 1. The molecule has 1 aromatic heterocycles. The average Bonchev–Trinajstić information content (AvgIpc) is 2.68. The van der Waals surface area contributed by atoms with Crippen molar-refractivity contribution in [2.75, 3.05) is 0 Å². The van der Waals surface area contributed by atoms with Gasteiger partial charge in [0.1, 0.15) is 0 Å². The lowest BCUT2D eigenvalue weighted by atomic mass is 9.80. The maximum atomic E-state index is 6.25. The van der Waals surface area contributed by atoms with E-state index in [1.54, 1.807) is 0 Å². The smallest absolute Gasteiger partial charge is 0.0982 e. The monoisotopic (exact) mass is 249 g/mol. The minimum atomic E-state index is -0.132. The van der Waals surface area contributed by atoms with Gasteiger partial charge < -0.3 is 4.74 Å². The Kier molecular flexibility index (Phi) is 4.92. The number of nitrogens with zero attached hydrogens (tertiary/aromatic N) is 1. The van der Waals surface area contributed by atoms with Gasteiger partial charge in [0, 0.05) is 11.8 Å². The van der Waals surface area contributed by atoms with E-state index in [9.17, 15) is 0 Å². The molecule has 0 saturated carbocycles. The minimum Gasteiger partial charge on any atom is -0.361 e. The normalized spacial score (nSPS) is 25.7. The molecule has 0 fully saturated rings. The van der Waals surface area contributed by atoms with E-state index < -0.39 is 0 Å². The quantitative estimate of drug-likeness (QED) is 0.753. The van der Waals surface area contributed by atoms with E-state index in [4.69, 9.17) is 4.74 Å². The first-order valence-corrected chi connectivity index (χ1v) is 7.16. The van der Waals surface area contributed by atoms with Crippen molar-refractivity contribution in [2.45, 2.75) is 66.6 Å². The molecule has 0 bridgehead atoms. The predicted octanol–water partition coefficient (Wildman–Crippen LogP) is 4.77. The molecule has 0 amide bonds. The molecule has 2 nitrogen and oxygen atoms in total. The Morgan fingerprint density at radius 2 is 2.00 bits per heavy atom. The molecule has 0 saturated heterocycles. The van der Waals surface area contributed by atoms with Crippen molar-refractivity contribution in [3.63, 3.8) is 0 Å². The second-order valence-electron chi connectivity index (χ2n) is 5.05. The Labute approximate surface area is 112 Å². The summed E-state index contributed by atoms with van der Waals surface area (Å²) in [5, 5.41) is 0. The molecule has 2 heteroatoms. The van der Waals surface area contributed by atoms with Crippen molar-refractivity contribution in [1.29, 1.82) is 0 Å². The van der Waals surface area contributed by atoms with Crippen molar-refractivity contribution in [2.24, 2.45) is 5.92 Å². The van der Waals surface area contributed by atoms with E-state index in [1.165, 1.54) is 11.1 Å². The molecule has 0 spiro atoms. The van der Waals surface area contributed by atoms with Crippen LogP contribution in [0.5, 0.6) is 0 Å². The third-order valence-electron chi connectivity index (χ3n) is 3.84. The van der Waals surface area contributed by atoms with Gasteiger partial charge in [0.2, 0.25) is 0 Å². The summed E-state index contributed by atoms with van der Waals surface area (Å²) in [5.74, 6) is 0.476. The number of hydrogen-bond donors (Lipinski definition) is 0. The van der Waals surface area contributed by atoms with Crippen molar-refractivity contribution >= 4 is 0 Å². The highest BCUT2D eigenvalue weighted by Gasteiger charge is 2.46. The summed E-state index contributed by atoms with van der Waals surface area (Å²) in [4.78, 5) is 4.50. The molecule has 0 N–H and O–H groups in total. The first-order valence-electron chi connectivity index (χ1n) is 7.16. The molecule has 0 radical (unpaired) electrons. The number of pyridine rings is 1. The number of rotatable bonds is 2. The van der Waals surface area contributed by atoms with Crippen molar-refractivity contribution in [1.82, 2.24) is 4.98 Å². The first-order chi connectivity index (χ1) is 8.53. The summed E-state index contributed by atoms with van der Waals surface area (Å²) in [5.41, 5.74) is 3.65. The second kappa shape index (κ2) is 5.83. The summed E-state index contributed by atoms with van der Waals surface area (Å²) in [6.45, 7) is 14.9. The van der Waals surface area contributed by atoms with Crippen LogP contribution in [0.3, 0.4) is 0 Å². The van der Waals surface area contributed by atoms with Gasteiger partial charge in [-0.05, 0) is 37.8 Å². The van der Waals surface area contributed by atoms with Gasteiger partial charge in [0.05, 0.1) is 17.4 Å². The summed E-state index contributed by atoms with van der Waals surface area (Å²) < 4.78 is 6.25. The molecule has 2 rings (SSSR count). The topological polar surface area (TPSA) is 22.1 Å². The lowest BCUT2D eigenvalue weighted by Gasteiger charge is -2.34. The lowest BCUT2D eigenvalue weighted by Crippen LogP contribution is -2.32. The van der Waals surface area contributed by atoms with Gasteiger partial charge in [-0.15, -0.1) is 0 Å². The van der Waals surface area contributed by atoms with Gasteiger partial charge in [0.15, 0.2) is 0 Å². The molecule has 1 aliphatic rings. The Hall–Kier alpha value is -0.890. The zero-order valence-electron chi connectivity index (χ0n) is 12.9. The molecular weight excluding hydrogens is 222 g/mol. The molecule has 2 unspecified atom stereocenters. The van der Waals surface area contributed by atoms with Crippen LogP contribution in [-0.2, 0) is 10.3 Å². The standard InChI is InChI=1S/C14H21NO.C2H6/c1-6-14(9(2)3)12-10(4)7-8-15-13(12)11(5)16-14;1-2/h7-9,11H,6H2,1-5H3;1-2H3. The lowest BCUT2D eigenvalue weighted by molar-refractivity contribution is -0.103. The van der Waals surface area contributed by atoms with Crippen molar-refractivity contribution in [3.8, 4) is 0 Å². The van der Waals surface area contributed by atoms with Crippen molar-refractivity contribution < 1.29 is 4.74 Å². The molecule has 2 heterocycles. The zero-order valence-corrected chi connectivity index (χ0v) is 12.9. The Morgan fingerprint density at radius 3 is 2.50 bits per heavy atom. The molecular formula is C16H27NO. The number of hydrogen-bond acceptors (Lipinski definition) is 2. The maximum Gasteiger partial charge on any atom is 0.0982 e. The van der Waals surface area contributed by atoms with Gasteiger partial charge in [-0.3, -0.25) is 4.98 Å². The fraction of sp³-hybridized carbons (Fsp3) is 0.688. The number of ether oxygens (including phenoxy) is 1. The molecule has 102 valence electrons. The van der Waals surface area contributed by atoms with E-state index in [1.807, 2.05) is 20.0 Å². The first kappa shape index (κ1) is 15.2. The van der Waals surface area contributed by atoms with Crippen LogP contribution in [0.4, 0.5) is 0 Å². The van der Waals surface area contributed by atoms with Crippen LogP contribution in [0, 0.1) is 12.8 Å². The Balaban J connectivity index is 0.000000771. The summed E-state index contributed by atoms with van der Waals surface area (Å²) in [6.07, 6.45) is 3.02. The largest absolute Gasteiger partial charge is 0.361 e. The van der Waals surface area contributed by atoms with Crippen LogP contribution in [0.1, 0.15) is 70.9 Å². The highest BCUT2D eigenvalue weighted by Crippen LogP contribution is 2.49. The van der Waals surface area contributed by atoms with Gasteiger partial charge in [0.25, 0.3) is 0 Å². The van der Waals surface area contributed by atoms with Crippen LogP contribution < -0.4 is 0 Å². The molecule has 1 aromatic rings. The van der Waals surface area contributed by atoms with Gasteiger partial charge >= 0.3 is 0 Å². The third-order valence-corrected chi connectivity index (χ3v) is 3.84. The SMILES string of the molecule is CC.CCC1(C(C)C)OC(C)c2nccc(C)c21. The molecule has 18 heavy (non-hydrogen) atoms. The van der Waals surface area contributed by atoms with E-state index in [2.05, 4.69) is 45.7 Å². The fourth-order valence-corrected chi connectivity index (χ4v) is 2.96. The van der Waals surface area contributed by atoms with Crippen LogP contribution in [0.25, 0.3) is 0 Å². The summed E-state index contributed by atoms with van der Waals surface area (Å²) in [6, 6.07) is 2.09. The Morgan fingerprint density at radius 1 is 1.39 bits per heavy atom. The van der Waals surface area contributed by atoms with Crippen LogP contribution in [-0.4, -0.2) is 4.98 Å². The van der Waals surface area contributed by atoms with E-state index in [-0.39, 0.29) is 11.7 Å². The third kappa shape index (κ3) is 2.18. The van der Waals surface area contributed by atoms with Gasteiger partial charge in [-0.1, -0.05) is 34.6 Å². The molecule has 1 aliphatic heterocycles. The minimum absolute atomic E-state index is 0.122. The van der Waals surface area contributed by atoms with E-state index in [0.29, 0.717) is 5.92 Å². The average molecular weight is 249 g/mol. The summed E-state index contributed by atoms with van der Waals surface area (Å²) >= 11 is 0. The number of aromatic nitrogens is 1. The predicted molar refractivity (Wildman–Crippen MR) is 76.6 cm³/mol. The highest BCUT2D eigenvalue weighted by atomic mass is 16.5. The Bertz CT molecular complexity index is 400. The second-order valence-corrected chi connectivity index (χ2v) is 5.05. The van der Waals surface area contributed by atoms with Crippen LogP contribution >= 0.6 is 0 Å². The zero-order chi connectivity index (χ0) is 13.9. The van der Waals surface area contributed by atoms with Crippen molar-refractivity contribution in [3.05, 3.63) is 29.1 Å². The molecule has 0 aliphatic carbocycles. The van der Waals surface area contributed by atoms with Crippen LogP contribution in [0.2, 0.25) is 0 Å². The fourth-order valence-electron chi connectivity index (χ4n) is 2.96.